The molecule has 1 rings (SSSR count). The molecule has 1 aromatic carbocycles. The van der Waals surface area contributed by atoms with Gasteiger partial charge in [0.1, 0.15) is 5.75 Å². The SMILES string of the molecule is COc1ccc(C)cc1CCN(C)CC(C)(C)CN. The van der Waals surface area contributed by atoms with Crippen LogP contribution in [0.3, 0.4) is 0 Å². The zero-order valence-electron chi connectivity index (χ0n) is 13.0. The van der Waals surface area contributed by atoms with Crippen molar-refractivity contribution in [1.82, 2.24) is 4.90 Å². The first kappa shape index (κ1) is 16.0. The molecule has 0 amide bonds. The number of aryl methyl sites for hydroxylation is 1. The molecule has 0 unspecified atom stereocenters. The lowest BCUT2D eigenvalue weighted by Crippen LogP contribution is -2.37. The van der Waals surface area contributed by atoms with E-state index in [1.54, 1.807) is 7.11 Å². The van der Waals surface area contributed by atoms with Crippen molar-refractivity contribution >= 4 is 0 Å². The summed E-state index contributed by atoms with van der Waals surface area (Å²) in [5.41, 5.74) is 8.51. The molecule has 0 heterocycles. The van der Waals surface area contributed by atoms with Crippen LogP contribution in [-0.4, -0.2) is 38.7 Å². The van der Waals surface area contributed by atoms with Crippen LogP contribution in [0.25, 0.3) is 0 Å². The third kappa shape index (κ3) is 5.21. The van der Waals surface area contributed by atoms with Gasteiger partial charge < -0.3 is 15.4 Å². The average molecular weight is 264 g/mol. The lowest BCUT2D eigenvalue weighted by molar-refractivity contribution is 0.217. The van der Waals surface area contributed by atoms with Crippen LogP contribution >= 0.6 is 0 Å². The molecule has 3 heteroatoms. The Morgan fingerprint density at radius 3 is 2.58 bits per heavy atom. The van der Waals surface area contributed by atoms with E-state index in [1.807, 2.05) is 0 Å². The monoisotopic (exact) mass is 264 g/mol. The van der Waals surface area contributed by atoms with E-state index < -0.39 is 0 Å². The van der Waals surface area contributed by atoms with E-state index >= 15 is 0 Å². The van der Waals surface area contributed by atoms with Crippen molar-refractivity contribution in [3.8, 4) is 5.75 Å². The van der Waals surface area contributed by atoms with E-state index in [0.29, 0.717) is 6.54 Å². The standard InChI is InChI=1S/C16H28N2O/c1-13-6-7-15(19-5)14(10-13)8-9-18(4)12-16(2,3)11-17/h6-7,10H,8-9,11-12,17H2,1-5H3. The lowest BCUT2D eigenvalue weighted by atomic mass is 9.93. The summed E-state index contributed by atoms with van der Waals surface area (Å²) in [7, 11) is 3.88. The zero-order chi connectivity index (χ0) is 14.5. The van der Waals surface area contributed by atoms with Gasteiger partial charge in [0.2, 0.25) is 0 Å². The highest BCUT2D eigenvalue weighted by Crippen LogP contribution is 2.21. The number of hydrogen-bond acceptors (Lipinski definition) is 3. The molecule has 0 bridgehead atoms. The fourth-order valence-corrected chi connectivity index (χ4v) is 2.29. The van der Waals surface area contributed by atoms with Gasteiger partial charge >= 0.3 is 0 Å². The molecule has 0 atom stereocenters. The Balaban J connectivity index is 2.59. The predicted molar refractivity (Wildman–Crippen MR) is 81.8 cm³/mol. The Labute approximate surface area is 117 Å². The van der Waals surface area contributed by atoms with Crippen molar-refractivity contribution < 1.29 is 4.74 Å². The summed E-state index contributed by atoms with van der Waals surface area (Å²) < 4.78 is 5.42. The number of hydrogen-bond donors (Lipinski definition) is 1. The summed E-state index contributed by atoms with van der Waals surface area (Å²) in [6, 6.07) is 6.35. The quantitative estimate of drug-likeness (QED) is 0.822. The molecule has 0 spiro atoms. The second-order valence-electron chi connectivity index (χ2n) is 6.17. The summed E-state index contributed by atoms with van der Waals surface area (Å²) in [5, 5.41) is 0. The fourth-order valence-electron chi connectivity index (χ4n) is 2.29. The van der Waals surface area contributed by atoms with Crippen LogP contribution < -0.4 is 10.5 Å². The van der Waals surface area contributed by atoms with Gasteiger partial charge in [0.05, 0.1) is 7.11 Å². The molecule has 2 N–H and O–H groups in total. The maximum absolute atomic E-state index is 5.78. The average Bonchev–Trinajstić information content (AvgIpc) is 2.36. The van der Waals surface area contributed by atoms with E-state index in [2.05, 4.69) is 50.9 Å². The van der Waals surface area contributed by atoms with Crippen LogP contribution in [0, 0.1) is 12.3 Å². The zero-order valence-corrected chi connectivity index (χ0v) is 13.0. The van der Waals surface area contributed by atoms with E-state index in [-0.39, 0.29) is 5.41 Å². The first-order valence-electron chi connectivity index (χ1n) is 6.90. The van der Waals surface area contributed by atoms with Crippen molar-refractivity contribution in [3.63, 3.8) is 0 Å². The summed E-state index contributed by atoms with van der Waals surface area (Å²) in [6.07, 6.45) is 1.00. The van der Waals surface area contributed by atoms with Crippen molar-refractivity contribution in [2.75, 3.05) is 33.8 Å². The lowest BCUT2D eigenvalue weighted by Gasteiger charge is -2.29. The number of rotatable bonds is 7. The molecule has 1 aromatic rings. The molecule has 0 aliphatic carbocycles. The molecule has 108 valence electrons. The second-order valence-corrected chi connectivity index (χ2v) is 6.17. The molecular formula is C16H28N2O. The first-order chi connectivity index (χ1) is 8.88. The van der Waals surface area contributed by atoms with Gasteiger partial charge in [-0.3, -0.25) is 0 Å². The van der Waals surface area contributed by atoms with Gasteiger partial charge in [-0.15, -0.1) is 0 Å². The summed E-state index contributed by atoms with van der Waals surface area (Å²) in [6.45, 7) is 9.27. The van der Waals surface area contributed by atoms with Crippen LogP contribution in [0.5, 0.6) is 5.75 Å². The van der Waals surface area contributed by atoms with Crippen LogP contribution in [0.2, 0.25) is 0 Å². The molecule has 0 aliphatic rings. The van der Waals surface area contributed by atoms with Gasteiger partial charge in [0.15, 0.2) is 0 Å². The van der Waals surface area contributed by atoms with Gasteiger partial charge in [-0.1, -0.05) is 31.5 Å². The Bertz CT molecular complexity index is 402. The molecule has 0 radical (unpaired) electrons. The van der Waals surface area contributed by atoms with Gasteiger partial charge in [-0.05, 0) is 44.0 Å². The Hall–Kier alpha value is -1.06. The van der Waals surface area contributed by atoms with Crippen molar-refractivity contribution in [2.45, 2.75) is 27.2 Å². The minimum absolute atomic E-state index is 0.172. The van der Waals surface area contributed by atoms with Crippen LogP contribution in [0.4, 0.5) is 0 Å². The smallest absolute Gasteiger partial charge is 0.122 e. The fraction of sp³-hybridized carbons (Fsp3) is 0.625. The van der Waals surface area contributed by atoms with Gasteiger partial charge in [0, 0.05) is 13.1 Å². The van der Waals surface area contributed by atoms with Gasteiger partial charge in [-0.2, -0.15) is 0 Å². The number of methoxy groups -OCH3 is 1. The van der Waals surface area contributed by atoms with E-state index in [1.165, 1.54) is 11.1 Å². The number of nitrogens with zero attached hydrogens (tertiary/aromatic N) is 1. The van der Waals surface area contributed by atoms with Gasteiger partial charge in [-0.25, -0.2) is 0 Å². The third-order valence-corrected chi connectivity index (χ3v) is 3.45. The predicted octanol–water partition coefficient (Wildman–Crippen LogP) is 2.46. The Morgan fingerprint density at radius 2 is 2.00 bits per heavy atom. The summed E-state index contributed by atoms with van der Waals surface area (Å²) in [4.78, 5) is 2.34. The van der Waals surface area contributed by atoms with Crippen LogP contribution in [0.1, 0.15) is 25.0 Å². The molecule has 0 fully saturated rings. The highest BCUT2D eigenvalue weighted by molar-refractivity contribution is 5.37. The molecule has 3 nitrogen and oxygen atoms in total. The first-order valence-corrected chi connectivity index (χ1v) is 6.90. The van der Waals surface area contributed by atoms with Crippen molar-refractivity contribution in [1.29, 1.82) is 0 Å². The molecule has 0 aliphatic heterocycles. The Kier molecular flexibility index (Phi) is 5.83. The maximum atomic E-state index is 5.78. The molecular weight excluding hydrogens is 236 g/mol. The highest BCUT2D eigenvalue weighted by atomic mass is 16.5. The number of benzene rings is 1. The normalized spacial score (nSPS) is 11.9. The van der Waals surface area contributed by atoms with E-state index in [9.17, 15) is 0 Å². The number of nitrogens with two attached hydrogens (primary N) is 1. The highest BCUT2D eigenvalue weighted by Gasteiger charge is 2.18. The summed E-state index contributed by atoms with van der Waals surface area (Å²) >= 11 is 0. The molecule has 0 saturated carbocycles. The Morgan fingerprint density at radius 1 is 1.32 bits per heavy atom. The van der Waals surface area contributed by atoms with Crippen LogP contribution in [0.15, 0.2) is 18.2 Å². The van der Waals surface area contributed by atoms with Crippen molar-refractivity contribution in [2.24, 2.45) is 11.1 Å². The molecule has 0 saturated heterocycles. The van der Waals surface area contributed by atoms with E-state index in [0.717, 1.165) is 25.3 Å². The largest absolute Gasteiger partial charge is 0.496 e. The maximum Gasteiger partial charge on any atom is 0.122 e. The topological polar surface area (TPSA) is 38.5 Å². The number of likely N-dealkylation sites (N-methyl/N-ethyl adjacent to an activating group) is 1. The van der Waals surface area contributed by atoms with Gasteiger partial charge in [0.25, 0.3) is 0 Å². The number of ether oxygens (including phenoxy) is 1. The third-order valence-electron chi connectivity index (χ3n) is 3.45. The minimum Gasteiger partial charge on any atom is -0.496 e. The summed E-state index contributed by atoms with van der Waals surface area (Å²) in [5.74, 6) is 0.983. The van der Waals surface area contributed by atoms with Crippen molar-refractivity contribution in [3.05, 3.63) is 29.3 Å². The minimum atomic E-state index is 0.172. The van der Waals surface area contributed by atoms with Crippen LogP contribution in [-0.2, 0) is 6.42 Å². The molecule has 19 heavy (non-hydrogen) atoms. The second kappa shape index (κ2) is 6.92. The van der Waals surface area contributed by atoms with E-state index in [4.69, 9.17) is 10.5 Å². The molecule has 0 aromatic heterocycles.